The van der Waals surface area contributed by atoms with Crippen LogP contribution in [0.5, 0.6) is 0 Å². The van der Waals surface area contributed by atoms with E-state index in [-0.39, 0.29) is 11.6 Å². The molecule has 1 N–H and O–H groups in total. The summed E-state index contributed by atoms with van der Waals surface area (Å²) in [5.74, 6) is 0. The molecule has 0 aromatic carbocycles. The van der Waals surface area contributed by atoms with Crippen molar-refractivity contribution < 1.29 is 13.5 Å². The van der Waals surface area contributed by atoms with Crippen LogP contribution in [0.25, 0.3) is 0 Å². The number of aliphatic hydroxyl groups is 1. The van der Waals surface area contributed by atoms with Crippen LogP contribution in [0, 0.1) is 0 Å². The molecule has 6 heteroatoms. The zero-order valence-electron chi connectivity index (χ0n) is 10.2. The summed E-state index contributed by atoms with van der Waals surface area (Å²) in [5, 5.41) is 9.82. The van der Waals surface area contributed by atoms with Crippen LogP contribution in [0.2, 0.25) is 0 Å². The van der Waals surface area contributed by atoms with Crippen molar-refractivity contribution in [1.29, 1.82) is 0 Å². The summed E-state index contributed by atoms with van der Waals surface area (Å²) < 4.78 is 26.0. The highest BCUT2D eigenvalue weighted by Crippen LogP contribution is 2.18. The highest BCUT2D eigenvalue weighted by atomic mass is 32.2. The molecule has 0 amide bonds. The first-order valence-corrected chi connectivity index (χ1v) is 7.64. The first-order chi connectivity index (χ1) is 8.60. The lowest BCUT2D eigenvalue weighted by molar-refractivity contribution is 0.125. The molecule has 5 nitrogen and oxygen atoms in total. The SMILES string of the molecule is O=S(=O)(c1ccccn1)N1CCCCCC(O)C1. The van der Waals surface area contributed by atoms with E-state index in [1.807, 2.05) is 0 Å². The second-order valence-corrected chi connectivity index (χ2v) is 6.42. The van der Waals surface area contributed by atoms with Gasteiger partial charge in [0.1, 0.15) is 0 Å². The van der Waals surface area contributed by atoms with E-state index in [1.54, 1.807) is 12.1 Å². The van der Waals surface area contributed by atoms with Crippen molar-refractivity contribution >= 4 is 10.0 Å². The minimum atomic E-state index is -3.57. The van der Waals surface area contributed by atoms with Crippen LogP contribution in [0.3, 0.4) is 0 Å². The zero-order chi connectivity index (χ0) is 13.0. The fourth-order valence-corrected chi connectivity index (χ4v) is 3.56. The third-order valence-corrected chi connectivity index (χ3v) is 4.88. The second-order valence-electron chi connectivity index (χ2n) is 4.53. The number of rotatable bonds is 2. The van der Waals surface area contributed by atoms with Crippen LogP contribution in [-0.2, 0) is 10.0 Å². The maximum absolute atomic E-state index is 12.4. The number of hydrogen-bond acceptors (Lipinski definition) is 4. The molecular formula is C12H18N2O3S. The highest BCUT2D eigenvalue weighted by Gasteiger charge is 2.28. The van der Waals surface area contributed by atoms with Gasteiger partial charge in [-0.1, -0.05) is 18.9 Å². The van der Waals surface area contributed by atoms with Gasteiger partial charge < -0.3 is 5.11 Å². The predicted molar refractivity (Wildman–Crippen MR) is 67.5 cm³/mol. The lowest BCUT2D eigenvalue weighted by atomic mass is 10.1. The van der Waals surface area contributed by atoms with Crippen molar-refractivity contribution in [2.75, 3.05) is 13.1 Å². The van der Waals surface area contributed by atoms with Crippen molar-refractivity contribution in [3.63, 3.8) is 0 Å². The molecule has 2 rings (SSSR count). The zero-order valence-corrected chi connectivity index (χ0v) is 11.0. The molecule has 1 aromatic rings. The van der Waals surface area contributed by atoms with Gasteiger partial charge in [0.25, 0.3) is 10.0 Å². The molecule has 0 aliphatic carbocycles. The van der Waals surface area contributed by atoms with E-state index in [0.717, 1.165) is 19.3 Å². The Morgan fingerprint density at radius 2 is 2.11 bits per heavy atom. The quantitative estimate of drug-likeness (QED) is 0.870. The maximum Gasteiger partial charge on any atom is 0.260 e. The fourth-order valence-electron chi connectivity index (χ4n) is 2.11. The molecule has 100 valence electrons. The molecule has 0 bridgehead atoms. The minimum absolute atomic E-state index is 0.0535. The van der Waals surface area contributed by atoms with Gasteiger partial charge >= 0.3 is 0 Å². The third-order valence-electron chi connectivity index (χ3n) is 3.10. The second kappa shape index (κ2) is 5.77. The van der Waals surface area contributed by atoms with Crippen LogP contribution in [-0.4, -0.2) is 42.0 Å². The first-order valence-electron chi connectivity index (χ1n) is 6.20. The molecule has 0 spiro atoms. The lowest BCUT2D eigenvalue weighted by Crippen LogP contribution is -2.39. The Morgan fingerprint density at radius 3 is 2.83 bits per heavy atom. The van der Waals surface area contributed by atoms with E-state index in [9.17, 15) is 13.5 Å². The van der Waals surface area contributed by atoms with Gasteiger partial charge in [0.15, 0.2) is 5.03 Å². The summed E-state index contributed by atoms with van der Waals surface area (Å²) >= 11 is 0. The molecule has 1 fully saturated rings. The summed E-state index contributed by atoms with van der Waals surface area (Å²) in [6.45, 7) is 0.620. The molecule has 1 aliphatic heterocycles. The number of hydrogen-bond donors (Lipinski definition) is 1. The van der Waals surface area contributed by atoms with Crippen LogP contribution in [0.1, 0.15) is 25.7 Å². The topological polar surface area (TPSA) is 70.5 Å². The Morgan fingerprint density at radius 1 is 1.28 bits per heavy atom. The number of sulfonamides is 1. The van der Waals surface area contributed by atoms with Gasteiger partial charge in [0, 0.05) is 19.3 Å². The monoisotopic (exact) mass is 270 g/mol. The van der Waals surface area contributed by atoms with Gasteiger partial charge in [-0.3, -0.25) is 0 Å². The Bertz CT molecular complexity index is 475. The Balaban J connectivity index is 2.22. The highest BCUT2D eigenvalue weighted by molar-refractivity contribution is 7.89. The summed E-state index contributed by atoms with van der Waals surface area (Å²) in [4.78, 5) is 3.89. The summed E-state index contributed by atoms with van der Waals surface area (Å²) in [6, 6.07) is 4.82. The number of β-amino-alcohol motifs (C(OH)–C–C–N with tert-alkyl or cyclic N) is 1. The number of pyridine rings is 1. The van der Waals surface area contributed by atoms with E-state index in [0.29, 0.717) is 13.0 Å². The summed E-state index contributed by atoms with van der Waals surface area (Å²) in [6.07, 6.45) is 4.29. The van der Waals surface area contributed by atoms with Crippen molar-refractivity contribution in [2.24, 2.45) is 0 Å². The smallest absolute Gasteiger partial charge is 0.260 e. The van der Waals surface area contributed by atoms with Gasteiger partial charge in [0.05, 0.1) is 6.10 Å². The summed E-state index contributed by atoms with van der Waals surface area (Å²) in [7, 11) is -3.57. The molecule has 1 atom stereocenters. The lowest BCUT2D eigenvalue weighted by Gasteiger charge is -2.26. The minimum Gasteiger partial charge on any atom is -0.392 e. The number of aromatic nitrogens is 1. The van der Waals surface area contributed by atoms with Gasteiger partial charge in [-0.05, 0) is 25.0 Å². The number of nitrogens with zero attached hydrogens (tertiary/aromatic N) is 2. The Hall–Kier alpha value is -0.980. The first kappa shape index (κ1) is 13.5. The molecule has 0 saturated carbocycles. The van der Waals surface area contributed by atoms with Crippen molar-refractivity contribution in [2.45, 2.75) is 36.8 Å². The molecule has 1 unspecified atom stereocenters. The Labute approximate surface area is 108 Å². The molecule has 1 aromatic heterocycles. The van der Waals surface area contributed by atoms with E-state index in [4.69, 9.17) is 0 Å². The molecule has 1 saturated heterocycles. The third kappa shape index (κ3) is 3.07. The maximum atomic E-state index is 12.4. The van der Waals surface area contributed by atoms with Crippen LogP contribution in [0.4, 0.5) is 0 Å². The average molecular weight is 270 g/mol. The largest absolute Gasteiger partial charge is 0.392 e. The normalized spacial score (nSPS) is 23.3. The number of aliphatic hydroxyl groups excluding tert-OH is 1. The van der Waals surface area contributed by atoms with Crippen molar-refractivity contribution in [1.82, 2.24) is 9.29 Å². The van der Waals surface area contributed by atoms with E-state index in [2.05, 4.69) is 4.98 Å². The van der Waals surface area contributed by atoms with E-state index in [1.165, 1.54) is 16.6 Å². The van der Waals surface area contributed by atoms with Crippen LogP contribution in [0.15, 0.2) is 29.4 Å². The van der Waals surface area contributed by atoms with Crippen LogP contribution >= 0.6 is 0 Å². The molecule has 18 heavy (non-hydrogen) atoms. The molecular weight excluding hydrogens is 252 g/mol. The molecule has 0 radical (unpaired) electrons. The molecule has 2 heterocycles. The van der Waals surface area contributed by atoms with Crippen LogP contribution < -0.4 is 0 Å². The standard InChI is InChI=1S/C12H18N2O3S/c15-11-6-2-1-5-9-14(10-11)18(16,17)12-7-3-4-8-13-12/h3-4,7-8,11,15H,1-2,5-6,9-10H2. The summed E-state index contributed by atoms with van der Waals surface area (Å²) in [5.41, 5.74) is 0. The predicted octanol–water partition coefficient (Wildman–Crippen LogP) is 1.01. The Kier molecular flexibility index (Phi) is 4.31. The van der Waals surface area contributed by atoms with E-state index < -0.39 is 16.1 Å². The van der Waals surface area contributed by atoms with Crippen molar-refractivity contribution in [3.05, 3.63) is 24.4 Å². The van der Waals surface area contributed by atoms with Gasteiger partial charge in [-0.25, -0.2) is 13.4 Å². The van der Waals surface area contributed by atoms with E-state index >= 15 is 0 Å². The average Bonchev–Trinajstić information content (AvgIpc) is 2.34. The van der Waals surface area contributed by atoms with Gasteiger partial charge in [-0.2, -0.15) is 4.31 Å². The molecule has 1 aliphatic rings. The van der Waals surface area contributed by atoms with Gasteiger partial charge in [0.2, 0.25) is 0 Å². The fraction of sp³-hybridized carbons (Fsp3) is 0.583. The van der Waals surface area contributed by atoms with Gasteiger partial charge in [-0.15, -0.1) is 0 Å². The van der Waals surface area contributed by atoms with Crippen molar-refractivity contribution in [3.8, 4) is 0 Å².